The first-order chi connectivity index (χ1) is 7.08. The molecule has 0 aromatic rings. The Morgan fingerprint density at radius 2 is 1.76 bits per heavy atom. The topological polar surface area (TPSA) is 38.3 Å². The third-order valence-electron chi connectivity index (χ3n) is 2.43. The maximum atomic E-state index is 12.2. The van der Waals surface area contributed by atoms with E-state index in [9.17, 15) is 17.7 Å². The van der Waals surface area contributed by atoms with Gasteiger partial charge >= 0.3 is 64.5 Å². The van der Waals surface area contributed by atoms with Gasteiger partial charge in [0.2, 0.25) is 0 Å². The predicted molar refractivity (Wildman–Crippen MR) is 55.2 cm³/mol. The van der Waals surface area contributed by atoms with Crippen LogP contribution in [-0.2, 0) is 4.74 Å². The maximum Gasteiger partial charge on any atom is 1.00 e. The second-order valence-electron chi connectivity index (χ2n) is 5.20. The van der Waals surface area contributed by atoms with E-state index in [1.165, 1.54) is 0 Å². The molecular formula is C9H16BF3KNO2. The molecule has 0 aromatic heterocycles. The summed E-state index contributed by atoms with van der Waals surface area (Å²) < 4.78 is 41.5. The molecule has 0 saturated heterocycles. The molecule has 0 heterocycles. The number of carbonyl (C=O) groups excluding carboxylic acids is 1. The van der Waals surface area contributed by atoms with Crippen LogP contribution in [0.3, 0.4) is 0 Å². The van der Waals surface area contributed by atoms with E-state index in [1.54, 1.807) is 20.8 Å². The van der Waals surface area contributed by atoms with Crippen molar-refractivity contribution in [3.8, 4) is 0 Å². The number of rotatable bonds is 2. The van der Waals surface area contributed by atoms with Gasteiger partial charge in [-0.25, -0.2) is 4.79 Å². The van der Waals surface area contributed by atoms with Crippen molar-refractivity contribution in [3.05, 3.63) is 0 Å². The van der Waals surface area contributed by atoms with Crippen LogP contribution in [0.4, 0.5) is 17.7 Å². The Bertz CT molecular complexity index is 274. The number of ether oxygens (including phenoxy) is 1. The minimum atomic E-state index is -4.76. The van der Waals surface area contributed by atoms with Crippen LogP contribution < -0.4 is 56.7 Å². The second kappa shape index (κ2) is 6.27. The summed E-state index contributed by atoms with van der Waals surface area (Å²) in [5, 5.41) is 2.42. The molecule has 0 radical (unpaired) electrons. The molecule has 1 saturated carbocycles. The van der Waals surface area contributed by atoms with Crippen molar-refractivity contribution in [1.82, 2.24) is 5.32 Å². The fraction of sp³-hybridized carbons (Fsp3) is 0.889. The molecule has 0 spiro atoms. The fourth-order valence-electron chi connectivity index (χ4n) is 1.56. The van der Waals surface area contributed by atoms with E-state index >= 15 is 0 Å². The molecule has 0 aromatic carbocycles. The summed E-state index contributed by atoms with van der Waals surface area (Å²) in [5.74, 6) is -1.22. The molecule has 3 nitrogen and oxygen atoms in total. The van der Waals surface area contributed by atoms with E-state index in [0.29, 0.717) is 0 Å². The van der Waals surface area contributed by atoms with Gasteiger partial charge in [0.1, 0.15) is 5.60 Å². The molecule has 0 unspecified atom stereocenters. The van der Waals surface area contributed by atoms with Crippen molar-refractivity contribution in [1.29, 1.82) is 0 Å². The normalized spacial score (nSPS) is 24.4. The molecule has 0 atom stereocenters. The molecule has 1 fully saturated rings. The molecule has 8 heteroatoms. The van der Waals surface area contributed by atoms with Crippen LogP contribution in [0.2, 0.25) is 5.82 Å². The van der Waals surface area contributed by atoms with Crippen LogP contribution in [0.25, 0.3) is 0 Å². The van der Waals surface area contributed by atoms with Crippen molar-refractivity contribution in [3.63, 3.8) is 0 Å². The largest absolute Gasteiger partial charge is 1.00 e. The molecule has 0 bridgehead atoms. The summed E-state index contributed by atoms with van der Waals surface area (Å²) in [6, 6.07) is -0.400. The summed E-state index contributed by atoms with van der Waals surface area (Å²) in [4.78, 5) is 11.2. The third kappa shape index (κ3) is 6.47. The smallest absolute Gasteiger partial charge is 0.449 e. The molecule has 17 heavy (non-hydrogen) atoms. The van der Waals surface area contributed by atoms with E-state index < -0.39 is 30.5 Å². The molecule has 0 aliphatic heterocycles. The summed E-state index contributed by atoms with van der Waals surface area (Å²) in [7, 11) is 0. The Labute approximate surface area is 142 Å². The molecule has 1 amide bonds. The Hall–Kier alpha value is 0.761. The Balaban J connectivity index is 0.00000256. The molecule has 1 rings (SSSR count). The monoisotopic (exact) mass is 277 g/mol. The number of hydrogen-bond acceptors (Lipinski definition) is 2. The van der Waals surface area contributed by atoms with Gasteiger partial charge in [0.05, 0.1) is 0 Å². The Morgan fingerprint density at radius 1 is 1.29 bits per heavy atom. The first-order valence-electron chi connectivity index (χ1n) is 5.27. The van der Waals surface area contributed by atoms with Gasteiger partial charge in [-0.1, -0.05) is 18.7 Å². The summed E-state index contributed by atoms with van der Waals surface area (Å²) >= 11 is 0. The van der Waals surface area contributed by atoms with Gasteiger partial charge in [0.25, 0.3) is 0 Å². The second-order valence-corrected chi connectivity index (χ2v) is 5.20. The maximum absolute atomic E-state index is 12.2. The first kappa shape index (κ1) is 17.8. The number of nitrogens with one attached hydrogen (secondary N) is 1. The zero-order valence-corrected chi connectivity index (χ0v) is 13.7. The fourth-order valence-corrected chi connectivity index (χ4v) is 1.56. The molecule has 1 aliphatic carbocycles. The van der Waals surface area contributed by atoms with E-state index in [1.807, 2.05) is 0 Å². The average molecular weight is 277 g/mol. The van der Waals surface area contributed by atoms with Crippen molar-refractivity contribution >= 4 is 13.1 Å². The summed E-state index contributed by atoms with van der Waals surface area (Å²) in [6.07, 6.45) is -0.698. The third-order valence-corrected chi connectivity index (χ3v) is 2.43. The predicted octanol–water partition coefficient (Wildman–Crippen LogP) is -0.105. The number of carbonyl (C=O) groups is 1. The average Bonchev–Trinajstić information content (AvgIpc) is 1.89. The van der Waals surface area contributed by atoms with Gasteiger partial charge in [-0.05, 0) is 20.8 Å². The Kier molecular flexibility index (Phi) is 6.56. The van der Waals surface area contributed by atoms with Gasteiger partial charge in [0, 0.05) is 6.04 Å². The molecular weight excluding hydrogens is 261 g/mol. The number of amides is 1. The summed E-state index contributed by atoms with van der Waals surface area (Å²) in [6.45, 7) is 0.352. The van der Waals surface area contributed by atoms with Gasteiger partial charge in [-0.15, -0.1) is 0 Å². The van der Waals surface area contributed by atoms with Crippen LogP contribution >= 0.6 is 0 Å². The summed E-state index contributed by atoms with van der Waals surface area (Å²) in [5.41, 5.74) is -0.624. The molecule has 1 N–H and O–H groups in total. The van der Waals surface area contributed by atoms with Crippen LogP contribution in [0, 0.1) is 0 Å². The molecule has 94 valence electrons. The van der Waals surface area contributed by atoms with E-state index in [4.69, 9.17) is 4.74 Å². The standard InChI is InChI=1S/C9H16BF3NO2.K/c1-9(2,3)16-8(15)14-7-4-6(5-7)10(11,12)13;/h6-7H,4-5H2,1-3H3,(H,14,15);/q-1;+1. The minimum Gasteiger partial charge on any atom is -0.449 e. The quantitative estimate of drug-likeness (QED) is 0.716. The van der Waals surface area contributed by atoms with Crippen molar-refractivity contribution in [2.24, 2.45) is 0 Å². The van der Waals surface area contributed by atoms with Crippen molar-refractivity contribution in [2.75, 3.05) is 0 Å². The van der Waals surface area contributed by atoms with Gasteiger partial charge < -0.3 is 23.0 Å². The zero-order valence-electron chi connectivity index (χ0n) is 10.6. The van der Waals surface area contributed by atoms with Crippen molar-refractivity contribution in [2.45, 2.75) is 51.1 Å². The van der Waals surface area contributed by atoms with E-state index in [-0.39, 0.29) is 64.2 Å². The zero-order chi connectivity index (χ0) is 12.6. The number of hydrogen-bond donors (Lipinski definition) is 1. The number of alkyl carbamates (subject to hydrolysis) is 1. The van der Waals surface area contributed by atoms with Crippen LogP contribution in [-0.4, -0.2) is 24.7 Å². The van der Waals surface area contributed by atoms with Crippen LogP contribution in [0.5, 0.6) is 0 Å². The van der Waals surface area contributed by atoms with Gasteiger partial charge in [-0.3, -0.25) is 0 Å². The first-order valence-corrected chi connectivity index (χ1v) is 5.27. The van der Waals surface area contributed by atoms with Crippen molar-refractivity contribution < 1.29 is 73.9 Å². The SMILES string of the molecule is CC(C)(C)OC(=O)NC1CC([B-](F)(F)F)C1.[K+]. The van der Waals surface area contributed by atoms with E-state index in [0.717, 1.165) is 0 Å². The van der Waals surface area contributed by atoms with E-state index in [2.05, 4.69) is 5.32 Å². The van der Waals surface area contributed by atoms with Gasteiger partial charge in [0.15, 0.2) is 0 Å². The minimum absolute atomic E-state index is 0. The van der Waals surface area contributed by atoms with Crippen LogP contribution in [0.1, 0.15) is 33.6 Å². The molecule has 1 aliphatic rings. The van der Waals surface area contributed by atoms with Gasteiger partial charge in [-0.2, -0.15) is 0 Å². The Morgan fingerprint density at radius 3 is 2.12 bits per heavy atom. The number of halogens is 3. The van der Waals surface area contributed by atoms with Crippen LogP contribution in [0.15, 0.2) is 0 Å².